The number of methoxy groups -OCH3 is 1. The molecule has 1 unspecified atom stereocenters. The van der Waals surface area contributed by atoms with E-state index in [1.807, 2.05) is 0 Å². The van der Waals surface area contributed by atoms with Gasteiger partial charge < -0.3 is 15.0 Å². The molecule has 0 aliphatic heterocycles. The van der Waals surface area contributed by atoms with E-state index in [1.165, 1.54) is 19.5 Å². The average molecular weight is 336 g/mol. The van der Waals surface area contributed by atoms with E-state index in [0.717, 1.165) is 17.5 Å². The van der Waals surface area contributed by atoms with Gasteiger partial charge in [-0.05, 0) is 23.8 Å². The Morgan fingerprint density at radius 3 is 2.83 bits per heavy atom. The maximum absolute atomic E-state index is 12.9. The van der Waals surface area contributed by atoms with Gasteiger partial charge >= 0.3 is 6.18 Å². The van der Waals surface area contributed by atoms with E-state index in [1.54, 1.807) is 18.3 Å². The van der Waals surface area contributed by atoms with Gasteiger partial charge in [0.25, 0.3) is 0 Å². The van der Waals surface area contributed by atoms with Crippen LogP contribution in [0.1, 0.15) is 17.2 Å². The van der Waals surface area contributed by atoms with Crippen molar-refractivity contribution in [3.05, 3.63) is 54.0 Å². The maximum Gasteiger partial charge on any atom is 0.416 e. The van der Waals surface area contributed by atoms with Crippen molar-refractivity contribution in [3.8, 4) is 0 Å². The molecule has 24 heavy (non-hydrogen) atoms. The average Bonchev–Trinajstić information content (AvgIpc) is 3.03. The molecule has 0 bridgehead atoms. The highest BCUT2D eigenvalue weighted by Crippen LogP contribution is 2.32. The van der Waals surface area contributed by atoms with Crippen molar-refractivity contribution in [2.45, 2.75) is 12.2 Å². The van der Waals surface area contributed by atoms with Gasteiger partial charge in [0.05, 0.1) is 23.6 Å². The predicted octanol–water partition coefficient (Wildman–Crippen LogP) is 3.78. The number of H-pyrrole nitrogens is 1. The minimum Gasteiger partial charge on any atom is -0.382 e. The number of anilines is 1. The number of nitrogens with one attached hydrogen (secondary N) is 2. The van der Waals surface area contributed by atoms with Gasteiger partial charge in [0.15, 0.2) is 0 Å². The van der Waals surface area contributed by atoms with E-state index in [0.29, 0.717) is 17.0 Å². The number of aromatic nitrogens is 3. The van der Waals surface area contributed by atoms with Crippen LogP contribution >= 0.6 is 0 Å². The van der Waals surface area contributed by atoms with Crippen molar-refractivity contribution in [3.63, 3.8) is 0 Å². The summed E-state index contributed by atoms with van der Waals surface area (Å²) in [6, 6.07) is 6.49. The molecule has 0 saturated heterocycles. The molecular formula is C16H15F3N4O. The van der Waals surface area contributed by atoms with Crippen molar-refractivity contribution in [2.24, 2.45) is 0 Å². The fraction of sp³-hybridized carbons (Fsp3) is 0.250. The quantitative estimate of drug-likeness (QED) is 0.744. The number of benzene rings is 1. The molecular weight excluding hydrogens is 321 g/mol. The topological polar surface area (TPSA) is 62.8 Å². The summed E-state index contributed by atoms with van der Waals surface area (Å²) in [5, 5.41) is 3.90. The molecule has 0 amide bonds. The Labute approximate surface area is 135 Å². The monoisotopic (exact) mass is 336 g/mol. The van der Waals surface area contributed by atoms with Gasteiger partial charge in [-0.1, -0.05) is 12.1 Å². The number of hydrogen-bond acceptors (Lipinski definition) is 4. The first-order valence-corrected chi connectivity index (χ1v) is 7.20. The van der Waals surface area contributed by atoms with Gasteiger partial charge in [-0.3, -0.25) is 0 Å². The Hall–Kier alpha value is -2.61. The largest absolute Gasteiger partial charge is 0.416 e. The normalized spacial score (nSPS) is 13.2. The fourth-order valence-electron chi connectivity index (χ4n) is 2.47. The fourth-order valence-corrected chi connectivity index (χ4v) is 2.47. The SMILES string of the molecule is COCC(Nc1ncnc2[nH]ccc12)c1cccc(C(F)(F)F)c1. The second-order valence-electron chi connectivity index (χ2n) is 5.24. The molecule has 3 rings (SSSR count). The summed E-state index contributed by atoms with van der Waals surface area (Å²) in [7, 11) is 1.49. The molecule has 2 aromatic heterocycles. The van der Waals surface area contributed by atoms with Gasteiger partial charge in [-0.2, -0.15) is 13.2 Å². The van der Waals surface area contributed by atoms with Gasteiger partial charge in [0, 0.05) is 13.3 Å². The van der Waals surface area contributed by atoms with Gasteiger partial charge in [0.2, 0.25) is 0 Å². The van der Waals surface area contributed by atoms with Crippen LogP contribution < -0.4 is 5.32 Å². The molecule has 0 radical (unpaired) electrons. The van der Waals surface area contributed by atoms with Crippen molar-refractivity contribution >= 4 is 16.9 Å². The smallest absolute Gasteiger partial charge is 0.382 e. The van der Waals surface area contributed by atoms with Gasteiger partial charge in [-0.15, -0.1) is 0 Å². The first-order valence-electron chi connectivity index (χ1n) is 7.20. The van der Waals surface area contributed by atoms with E-state index in [-0.39, 0.29) is 6.61 Å². The number of halogens is 3. The number of alkyl halides is 3. The van der Waals surface area contributed by atoms with Crippen LogP contribution in [0, 0.1) is 0 Å². The molecule has 0 saturated carbocycles. The zero-order chi connectivity index (χ0) is 17.2. The van der Waals surface area contributed by atoms with Crippen LogP contribution in [-0.4, -0.2) is 28.7 Å². The summed E-state index contributed by atoms with van der Waals surface area (Å²) in [6.45, 7) is 0.192. The van der Waals surface area contributed by atoms with E-state index in [9.17, 15) is 13.2 Å². The number of hydrogen-bond donors (Lipinski definition) is 2. The number of aromatic amines is 1. The lowest BCUT2D eigenvalue weighted by Gasteiger charge is -2.20. The summed E-state index contributed by atoms with van der Waals surface area (Å²) in [6.07, 6.45) is -1.28. The molecule has 5 nitrogen and oxygen atoms in total. The Bertz CT molecular complexity index is 831. The van der Waals surface area contributed by atoms with Crippen LogP contribution in [-0.2, 0) is 10.9 Å². The van der Waals surface area contributed by atoms with E-state index < -0.39 is 17.8 Å². The standard InChI is InChI=1S/C16H15F3N4O/c1-24-8-13(10-3-2-4-11(7-10)16(17,18)19)23-15-12-5-6-20-14(12)21-9-22-15/h2-7,9,13H,8H2,1H3,(H2,20,21,22,23). The molecule has 3 aromatic rings. The van der Waals surface area contributed by atoms with E-state index in [2.05, 4.69) is 20.3 Å². The number of nitrogens with zero attached hydrogens (tertiary/aromatic N) is 2. The summed E-state index contributed by atoms with van der Waals surface area (Å²) in [5.41, 5.74) is 0.416. The highest BCUT2D eigenvalue weighted by molar-refractivity contribution is 5.86. The first kappa shape index (κ1) is 16.3. The molecule has 0 spiro atoms. The third-order valence-electron chi connectivity index (χ3n) is 3.61. The second kappa shape index (κ2) is 6.48. The Morgan fingerprint density at radius 2 is 2.08 bits per heavy atom. The number of fused-ring (bicyclic) bond motifs is 1. The lowest BCUT2D eigenvalue weighted by atomic mass is 10.0. The zero-order valence-corrected chi connectivity index (χ0v) is 12.8. The lowest BCUT2D eigenvalue weighted by Crippen LogP contribution is -2.18. The Kier molecular flexibility index (Phi) is 4.39. The zero-order valence-electron chi connectivity index (χ0n) is 12.8. The summed E-state index contributed by atoms with van der Waals surface area (Å²) < 4.78 is 44.0. The van der Waals surface area contributed by atoms with Gasteiger partial charge in [-0.25, -0.2) is 9.97 Å². The molecule has 0 fully saturated rings. The molecule has 0 aliphatic rings. The van der Waals surface area contributed by atoms with Crippen LogP contribution in [0.25, 0.3) is 11.0 Å². The molecule has 8 heteroatoms. The maximum atomic E-state index is 12.9. The lowest BCUT2D eigenvalue weighted by molar-refractivity contribution is -0.137. The molecule has 1 aromatic carbocycles. The van der Waals surface area contributed by atoms with Crippen LogP contribution in [0.3, 0.4) is 0 Å². The minimum absolute atomic E-state index is 0.192. The van der Waals surface area contributed by atoms with Crippen molar-refractivity contribution < 1.29 is 17.9 Å². The highest BCUT2D eigenvalue weighted by Gasteiger charge is 2.31. The first-order chi connectivity index (χ1) is 11.5. The van der Waals surface area contributed by atoms with E-state index in [4.69, 9.17) is 4.74 Å². The third kappa shape index (κ3) is 3.33. The third-order valence-corrected chi connectivity index (χ3v) is 3.61. The van der Waals surface area contributed by atoms with Gasteiger partial charge in [0.1, 0.15) is 17.8 Å². The van der Waals surface area contributed by atoms with Crippen LogP contribution in [0.2, 0.25) is 0 Å². The Balaban J connectivity index is 1.94. The summed E-state index contributed by atoms with van der Waals surface area (Å²) in [5.74, 6) is 0.528. The molecule has 0 aliphatic carbocycles. The molecule has 1 atom stereocenters. The van der Waals surface area contributed by atoms with Crippen molar-refractivity contribution in [1.82, 2.24) is 15.0 Å². The molecule has 2 N–H and O–H groups in total. The van der Waals surface area contributed by atoms with Crippen LogP contribution in [0.4, 0.5) is 19.0 Å². The summed E-state index contributed by atoms with van der Waals surface area (Å²) in [4.78, 5) is 11.2. The van der Waals surface area contributed by atoms with Crippen LogP contribution in [0.5, 0.6) is 0 Å². The predicted molar refractivity (Wildman–Crippen MR) is 83.6 cm³/mol. The van der Waals surface area contributed by atoms with Crippen LogP contribution in [0.15, 0.2) is 42.9 Å². The number of rotatable bonds is 5. The Morgan fingerprint density at radius 1 is 1.25 bits per heavy atom. The minimum atomic E-state index is -4.39. The molecule has 126 valence electrons. The highest BCUT2D eigenvalue weighted by atomic mass is 19.4. The van der Waals surface area contributed by atoms with Crippen molar-refractivity contribution in [1.29, 1.82) is 0 Å². The molecule has 2 heterocycles. The van der Waals surface area contributed by atoms with Crippen molar-refractivity contribution in [2.75, 3.05) is 19.0 Å². The second-order valence-corrected chi connectivity index (χ2v) is 5.24. The van der Waals surface area contributed by atoms with E-state index >= 15 is 0 Å². The number of ether oxygens (including phenoxy) is 1. The summed E-state index contributed by atoms with van der Waals surface area (Å²) >= 11 is 0.